The molecule has 0 bridgehead atoms. The molecule has 0 unspecified atom stereocenters. The van der Waals surface area contributed by atoms with Crippen LogP contribution in [0.5, 0.6) is 0 Å². The largest absolute Gasteiger partial charge is 0.434 e. The van der Waals surface area contributed by atoms with Gasteiger partial charge in [-0.25, -0.2) is 14.4 Å². The molecule has 1 amide bonds. The van der Waals surface area contributed by atoms with E-state index in [-0.39, 0.29) is 11.6 Å². The Morgan fingerprint density at radius 3 is 2.52 bits per heavy atom. The number of nitrogens with two attached hydrogens (primary N) is 1. The summed E-state index contributed by atoms with van der Waals surface area (Å²) in [5.41, 5.74) is 1.78. The molecule has 1 fully saturated rings. The molecule has 2 aromatic heterocycles. The number of rotatable bonds is 4. The van der Waals surface area contributed by atoms with Crippen LogP contribution < -0.4 is 11.1 Å². The Labute approximate surface area is 139 Å². The summed E-state index contributed by atoms with van der Waals surface area (Å²) in [6, 6.07) is 2.65. The van der Waals surface area contributed by atoms with E-state index < -0.39 is 34.7 Å². The van der Waals surface area contributed by atoms with E-state index in [1.54, 1.807) is 0 Å². The van der Waals surface area contributed by atoms with Gasteiger partial charge in [0.05, 0.1) is 11.1 Å². The second-order valence-corrected chi connectivity index (χ2v) is 5.71. The predicted molar refractivity (Wildman–Crippen MR) is 78.9 cm³/mol. The summed E-state index contributed by atoms with van der Waals surface area (Å²) in [4.78, 5) is 22.3. The van der Waals surface area contributed by atoms with E-state index in [4.69, 9.17) is 5.73 Å². The lowest BCUT2D eigenvalue weighted by Gasteiger charge is -2.42. The number of amides is 1. The van der Waals surface area contributed by atoms with Gasteiger partial charge in [0.15, 0.2) is 5.69 Å². The van der Waals surface area contributed by atoms with E-state index in [0.717, 1.165) is 6.42 Å². The van der Waals surface area contributed by atoms with Gasteiger partial charge in [0, 0.05) is 12.4 Å². The smallest absolute Gasteiger partial charge is 0.365 e. The van der Waals surface area contributed by atoms with Crippen molar-refractivity contribution in [3.05, 3.63) is 47.3 Å². The Morgan fingerprint density at radius 2 is 2.00 bits per heavy atom. The van der Waals surface area contributed by atoms with Crippen molar-refractivity contribution in [3.63, 3.8) is 0 Å². The van der Waals surface area contributed by atoms with Gasteiger partial charge in [-0.2, -0.15) is 13.2 Å². The second kappa shape index (κ2) is 5.94. The summed E-state index contributed by atoms with van der Waals surface area (Å²) in [5, 5.41) is 2.75. The van der Waals surface area contributed by atoms with Crippen molar-refractivity contribution in [2.75, 3.05) is 5.32 Å². The van der Waals surface area contributed by atoms with Gasteiger partial charge in [-0.1, -0.05) is 0 Å². The maximum atomic E-state index is 14.1. The molecule has 132 valence electrons. The molecular weight excluding hydrogens is 342 g/mol. The SMILES string of the molecule is NC(=O)c1cnc(NC2(c3ncccc3F)CCC2)nc1C(F)(F)F. The van der Waals surface area contributed by atoms with Crippen LogP contribution in [0, 0.1) is 5.82 Å². The summed E-state index contributed by atoms with van der Waals surface area (Å²) in [5.74, 6) is -2.23. The van der Waals surface area contributed by atoms with Gasteiger partial charge >= 0.3 is 6.18 Å². The number of nitrogens with one attached hydrogen (secondary N) is 1. The molecule has 0 atom stereocenters. The summed E-state index contributed by atoms with van der Waals surface area (Å²) in [6.45, 7) is 0. The average Bonchev–Trinajstić information content (AvgIpc) is 2.50. The van der Waals surface area contributed by atoms with E-state index in [1.165, 1.54) is 18.3 Å². The highest BCUT2D eigenvalue weighted by Crippen LogP contribution is 2.43. The maximum absolute atomic E-state index is 14.1. The zero-order chi connectivity index (χ0) is 18.2. The highest BCUT2D eigenvalue weighted by atomic mass is 19.4. The van der Waals surface area contributed by atoms with Crippen molar-refractivity contribution >= 4 is 11.9 Å². The van der Waals surface area contributed by atoms with Crippen molar-refractivity contribution in [3.8, 4) is 0 Å². The van der Waals surface area contributed by atoms with E-state index in [2.05, 4.69) is 20.3 Å². The number of hydrogen-bond acceptors (Lipinski definition) is 5. The molecule has 3 N–H and O–H groups in total. The number of halogens is 4. The molecule has 0 radical (unpaired) electrons. The Kier molecular flexibility index (Phi) is 4.05. The monoisotopic (exact) mass is 355 g/mol. The van der Waals surface area contributed by atoms with Crippen molar-refractivity contribution < 1.29 is 22.4 Å². The first kappa shape index (κ1) is 17.1. The molecule has 1 aliphatic rings. The number of carbonyl (C=O) groups excluding carboxylic acids is 1. The van der Waals surface area contributed by atoms with Gasteiger partial charge < -0.3 is 11.1 Å². The van der Waals surface area contributed by atoms with Crippen LogP contribution in [0.15, 0.2) is 24.5 Å². The normalized spacial score (nSPS) is 16.2. The number of aromatic nitrogens is 3. The molecule has 2 heterocycles. The van der Waals surface area contributed by atoms with Crippen LogP contribution in [0.3, 0.4) is 0 Å². The van der Waals surface area contributed by atoms with E-state index in [1.807, 2.05) is 0 Å². The van der Waals surface area contributed by atoms with Crippen LogP contribution in [0.4, 0.5) is 23.5 Å². The van der Waals surface area contributed by atoms with Gasteiger partial charge in [0.2, 0.25) is 5.95 Å². The molecule has 6 nitrogen and oxygen atoms in total. The number of anilines is 1. The first-order valence-corrected chi connectivity index (χ1v) is 7.36. The molecule has 3 rings (SSSR count). The first-order valence-electron chi connectivity index (χ1n) is 7.36. The van der Waals surface area contributed by atoms with Crippen LogP contribution in [-0.2, 0) is 11.7 Å². The Morgan fingerprint density at radius 1 is 1.28 bits per heavy atom. The Bertz CT molecular complexity index is 820. The fourth-order valence-electron chi connectivity index (χ4n) is 2.74. The molecule has 0 aromatic carbocycles. The summed E-state index contributed by atoms with van der Waals surface area (Å²) < 4.78 is 53.4. The zero-order valence-corrected chi connectivity index (χ0v) is 12.8. The number of hydrogen-bond donors (Lipinski definition) is 2. The highest BCUT2D eigenvalue weighted by molar-refractivity contribution is 5.93. The topological polar surface area (TPSA) is 93.8 Å². The van der Waals surface area contributed by atoms with Crippen LogP contribution in [-0.4, -0.2) is 20.9 Å². The van der Waals surface area contributed by atoms with Crippen LogP contribution in [0.2, 0.25) is 0 Å². The van der Waals surface area contributed by atoms with E-state index >= 15 is 0 Å². The highest BCUT2D eigenvalue weighted by Gasteiger charge is 2.44. The number of carbonyl (C=O) groups is 1. The third-order valence-electron chi connectivity index (χ3n) is 4.09. The third-order valence-corrected chi connectivity index (χ3v) is 4.09. The lowest BCUT2D eigenvalue weighted by molar-refractivity contribution is -0.141. The lowest BCUT2D eigenvalue weighted by Crippen LogP contribution is -2.44. The Balaban J connectivity index is 2.00. The van der Waals surface area contributed by atoms with Gasteiger partial charge in [-0.3, -0.25) is 9.78 Å². The average molecular weight is 355 g/mol. The minimum atomic E-state index is -4.88. The first-order chi connectivity index (χ1) is 11.7. The molecular formula is C15H13F4N5O. The number of pyridine rings is 1. The second-order valence-electron chi connectivity index (χ2n) is 5.71. The zero-order valence-electron chi connectivity index (χ0n) is 12.8. The number of primary amides is 1. The molecule has 0 spiro atoms. The van der Waals surface area contributed by atoms with Crippen molar-refractivity contribution in [1.29, 1.82) is 0 Å². The van der Waals surface area contributed by atoms with E-state index in [9.17, 15) is 22.4 Å². The maximum Gasteiger partial charge on any atom is 0.434 e. The molecule has 1 aliphatic carbocycles. The molecule has 1 saturated carbocycles. The summed E-state index contributed by atoms with van der Waals surface area (Å²) >= 11 is 0. The van der Waals surface area contributed by atoms with Crippen LogP contribution in [0.25, 0.3) is 0 Å². The third kappa shape index (κ3) is 3.11. The van der Waals surface area contributed by atoms with Gasteiger partial charge in [-0.05, 0) is 31.4 Å². The quantitative estimate of drug-likeness (QED) is 0.823. The van der Waals surface area contributed by atoms with Gasteiger partial charge in [0.25, 0.3) is 5.91 Å². The van der Waals surface area contributed by atoms with Gasteiger partial charge in [-0.15, -0.1) is 0 Å². The van der Waals surface area contributed by atoms with Crippen LogP contribution >= 0.6 is 0 Å². The summed E-state index contributed by atoms with van der Waals surface area (Å²) in [6.07, 6.45) is -1.10. The van der Waals surface area contributed by atoms with Crippen molar-refractivity contribution in [2.45, 2.75) is 31.0 Å². The lowest BCUT2D eigenvalue weighted by atomic mass is 9.74. The molecule has 0 aliphatic heterocycles. The molecule has 25 heavy (non-hydrogen) atoms. The molecule has 10 heteroatoms. The fourth-order valence-corrected chi connectivity index (χ4v) is 2.74. The molecule has 0 saturated heterocycles. The van der Waals surface area contributed by atoms with E-state index in [0.29, 0.717) is 19.0 Å². The minimum absolute atomic E-state index is 0.0948. The number of nitrogens with zero attached hydrogens (tertiary/aromatic N) is 3. The standard InChI is InChI=1S/C15H13F4N5O/c16-9-3-1-6-21-11(9)14(4-2-5-14)24-13-22-7-8(12(20)25)10(23-13)15(17,18)19/h1,3,6-7H,2,4-5H2,(H2,20,25)(H,22,23,24). The van der Waals surface area contributed by atoms with Crippen molar-refractivity contribution in [2.24, 2.45) is 5.73 Å². The number of alkyl halides is 3. The Hall–Kier alpha value is -2.78. The fraction of sp³-hybridized carbons (Fsp3) is 0.333. The molecule has 2 aromatic rings. The van der Waals surface area contributed by atoms with Gasteiger partial charge in [0.1, 0.15) is 11.5 Å². The minimum Gasteiger partial charge on any atom is -0.365 e. The summed E-state index contributed by atoms with van der Waals surface area (Å²) in [7, 11) is 0. The van der Waals surface area contributed by atoms with Crippen LogP contribution in [0.1, 0.15) is 41.0 Å². The predicted octanol–water partition coefficient (Wildman–Crippen LogP) is 2.62. The van der Waals surface area contributed by atoms with Crippen molar-refractivity contribution in [1.82, 2.24) is 15.0 Å².